The third-order valence-electron chi connectivity index (χ3n) is 3.36. The van der Waals surface area contributed by atoms with Crippen molar-refractivity contribution in [2.24, 2.45) is 5.92 Å². The highest BCUT2D eigenvalue weighted by atomic mass is 19.1. The maximum absolute atomic E-state index is 12.8. The first-order chi connectivity index (χ1) is 10.5. The predicted molar refractivity (Wildman–Crippen MR) is 79.8 cm³/mol. The standard InChI is InChI=1S/C16H22FNO4/c1-3-22-16(21)14(15(19)20)5-4-10-18-11(2)12-6-8-13(17)9-7-12/h6-9,11,14,18H,3-5,10H2,1-2H3,(H,19,20)/t11-,14?/m0/s1. The van der Waals surface area contributed by atoms with E-state index >= 15 is 0 Å². The number of hydrogen-bond donors (Lipinski definition) is 2. The lowest BCUT2D eigenvalue weighted by Gasteiger charge is -2.15. The van der Waals surface area contributed by atoms with Crippen molar-refractivity contribution < 1.29 is 23.8 Å². The Morgan fingerprint density at radius 3 is 2.50 bits per heavy atom. The average molecular weight is 311 g/mol. The third kappa shape index (κ3) is 5.81. The lowest BCUT2D eigenvalue weighted by molar-refractivity contribution is -0.158. The SMILES string of the molecule is CCOC(=O)C(CCCN[C@@H](C)c1ccc(F)cc1)C(=O)O. The lowest BCUT2D eigenvalue weighted by Crippen LogP contribution is -2.27. The molecule has 6 heteroatoms. The molecule has 0 aliphatic heterocycles. The molecule has 0 radical (unpaired) electrons. The number of carbonyl (C=O) groups excluding carboxylic acids is 1. The minimum Gasteiger partial charge on any atom is -0.481 e. The van der Waals surface area contributed by atoms with Crippen LogP contribution in [0.2, 0.25) is 0 Å². The Labute approximate surface area is 129 Å². The Morgan fingerprint density at radius 2 is 1.95 bits per heavy atom. The molecule has 1 aromatic carbocycles. The molecule has 1 rings (SSSR count). The zero-order chi connectivity index (χ0) is 16.5. The molecule has 22 heavy (non-hydrogen) atoms. The van der Waals surface area contributed by atoms with E-state index in [0.29, 0.717) is 13.0 Å². The zero-order valence-corrected chi connectivity index (χ0v) is 12.8. The Kier molecular flexibility index (Phi) is 7.52. The van der Waals surface area contributed by atoms with Gasteiger partial charge in [-0.25, -0.2) is 4.39 Å². The number of carboxylic acids is 1. The second-order valence-corrected chi connectivity index (χ2v) is 5.01. The minimum atomic E-state index is -1.16. The van der Waals surface area contributed by atoms with Crippen LogP contribution >= 0.6 is 0 Å². The van der Waals surface area contributed by atoms with Crippen molar-refractivity contribution in [3.8, 4) is 0 Å². The number of rotatable bonds is 9. The van der Waals surface area contributed by atoms with Gasteiger partial charge in [-0.05, 0) is 50.9 Å². The van der Waals surface area contributed by atoms with Crippen molar-refractivity contribution in [2.75, 3.05) is 13.2 Å². The van der Waals surface area contributed by atoms with Crippen LogP contribution in [0, 0.1) is 11.7 Å². The summed E-state index contributed by atoms with van der Waals surface area (Å²) in [6.45, 7) is 4.31. The highest BCUT2D eigenvalue weighted by Gasteiger charge is 2.26. The number of hydrogen-bond acceptors (Lipinski definition) is 4. The van der Waals surface area contributed by atoms with Gasteiger partial charge in [-0.15, -0.1) is 0 Å². The minimum absolute atomic E-state index is 0.0199. The average Bonchev–Trinajstić information content (AvgIpc) is 2.47. The molecule has 0 fully saturated rings. The molecule has 0 aliphatic carbocycles. The van der Waals surface area contributed by atoms with Crippen LogP contribution in [0.1, 0.15) is 38.3 Å². The molecule has 122 valence electrons. The van der Waals surface area contributed by atoms with Crippen molar-refractivity contribution in [1.82, 2.24) is 5.32 Å². The maximum Gasteiger partial charge on any atom is 0.320 e. The van der Waals surface area contributed by atoms with Crippen LogP contribution in [0.15, 0.2) is 24.3 Å². The summed E-state index contributed by atoms with van der Waals surface area (Å²) in [5, 5.41) is 12.2. The molecular weight excluding hydrogens is 289 g/mol. The van der Waals surface area contributed by atoms with Crippen molar-refractivity contribution in [3.63, 3.8) is 0 Å². The topological polar surface area (TPSA) is 75.6 Å². The van der Waals surface area contributed by atoms with Crippen LogP contribution in [-0.2, 0) is 14.3 Å². The Bertz CT molecular complexity index is 489. The van der Waals surface area contributed by atoms with Gasteiger partial charge >= 0.3 is 11.9 Å². The molecule has 0 spiro atoms. The summed E-state index contributed by atoms with van der Waals surface area (Å²) in [7, 11) is 0. The summed E-state index contributed by atoms with van der Waals surface area (Å²) in [6.07, 6.45) is 0.749. The Morgan fingerprint density at radius 1 is 1.32 bits per heavy atom. The number of halogens is 1. The number of carboxylic acid groups (broad SMARTS) is 1. The number of ether oxygens (including phenoxy) is 1. The van der Waals surface area contributed by atoms with E-state index in [2.05, 4.69) is 5.32 Å². The molecule has 1 unspecified atom stereocenters. The highest BCUT2D eigenvalue weighted by molar-refractivity contribution is 5.93. The van der Waals surface area contributed by atoms with E-state index in [1.807, 2.05) is 6.92 Å². The van der Waals surface area contributed by atoms with Gasteiger partial charge in [-0.1, -0.05) is 12.1 Å². The molecule has 0 bridgehead atoms. The monoisotopic (exact) mass is 311 g/mol. The third-order valence-corrected chi connectivity index (χ3v) is 3.36. The fourth-order valence-corrected chi connectivity index (χ4v) is 2.08. The maximum atomic E-state index is 12.8. The molecule has 0 heterocycles. The highest BCUT2D eigenvalue weighted by Crippen LogP contribution is 2.14. The quantitative estimate of drug-likeness (QED) is 0.416. The first-order valence-electron chi connectivity index (χ1n) is 7.34. The van der Waals surface area contributed by atoms with Crippen LogP contribution < -0.4 is 5.32 Å². The van der Waals surface area contributed by atoms with Crippen LogP contribution in [0.3, 0.4) is 0 Å². The number of esters is 1. The fourth-order valence-electron chi connectivity index (χ4n) is 2.08. The summed E-state index contributed by atoms with van der Waals surface area (Å²) in [6, 6.07) is 6.22. The van der Waals surface area contributed by atoms with Crippen LogP contribution in [-0.4, -0.2) is 30.2 Å². The van der Waals surface area contributed by atoms with Gasteiger partial charge in [0.25, 0.3) is 0 Å². The van der Waals surface area contributed by atoms with Gasteiger partial charge in [-0.2, -0.15) is 0 Å². The number of aliphatic carboxylic acids is 1. The molecule has 0 saturated carbocycles. The van der Waals surface area contributed by atoms with E-state index in [0.717, 1.165) is 5.56 Å². The van der Waals surface area contributed by atoms with Crippen LogP contribution in [0.25, 0.3) is 0 Å². The number of carbonyl (C=O) groups is 2. The zero-order valence-electron chi connectivity index (χ0n) is 12.8. The van der Waals surface area contributed by atoms with Gasteiger partial charge in [0.15, 0.2) is 5.92 Å². The summed E-state index contributed by atoms with van der Waals surface area (Å²) in [5.74, 6) is -3.26. The van der Waals surface area contributed by atoms with E-state index in [4.69, 9.17) is 9.84 Å². The van der Waals surface area contributed by atoms with Gasteiger partial charge in [0.1, 0.15) is 5.82 Å². The molecular formula is C16H22FNO4. The summed E-state index contributed by atoms with van der Waals surface area (Å²) in [4.78, 5) is 22.5. The first-order valence-corrected chi connectivity index (χ1v) is 7.34. The number of nitrogens with one attached hydrogen (secondary N) is 1. The molecule has 0 aliphatic rings. The van der Waals surface area contributed by atoms with E-state index in [-0.39, 0.29) is 24.9 Å². The molecule has 2 atom stereocenters. The van der Waals surface area contributed by atoms with Gasteiger partial charge in [-0.3, -0.25) is 9.59 Å². The summed E-state index contributed by atoms with van der Waals surface area (Å²) < 4.78 is 17.6. The second-order valence-electron chi connectivity index (χ2n) is 5.01. The summed E-state index contributed by atoms with van der Waals surface area (Å²) >= 11 is 0. The van der Waals surface area contributed by atoms with Crippen molar-refractivity contribution >= 4 is 11.9 Å². The fraction of sp³-hybridized carbons (Fsp3) is 0.500. The molecule has 1 aromatic rings. The molecule has 5 nitrogen and oxygen atoms in total. The molecule has 0 saturated heterocycles. The van der Waals surface area contributed by atoms with E-state index in [1.165, 1.54) is 12.1 Å². The van der Waals surface area contributed by atoms with E-state index in [9.17, 15) is 14.0 Å². The van der Waals surface area contributed by atoms with Crippen LogP contribution in [0.5, 0.6) is 0 Å². The van der Waals surface area contributed by atoms with E-state index in [1.54, 1.807) is 19.1 Å². The van der Waals surface area contributed by atoms with Gasteiger partial charge in [0.2, 0.25) is 0 Å². The van der Waals surface area contributed by atoms with Gasteiger partial charge in [0.05, 0.1) is 6.61 Å². The summed E-state index contributed by atoms with van der Waals surface area (Å²) in [5.41, 5.74) is 0.946. The molecule has 2 N–H and O–H groups in total. The largest absolute Gasteiger partial charge is 0.481 e. The Balaban J connectivity index is 2.38. The first kappa shape index (κ1) is 18.1. The predicted octanol–water partition coefficient (Wildman–Crippen LogP) is 2.52. The molecule has 0 aromatic heterocycles. The van der Waals surface area contributed by atoms with Crippen molar-refractivity contribution in [3.05, 3.63) is 35.6 Å². The smallest absolute Gasteiger partial charge is 0.320 e. The van der Waals surface area contributed by atoms with Crippen LogP contribution in [0.4, 0.5) is 4.39 Å². The van der Waals surface area contributed by atoms with Gasteiger partial charge < -0.3 is 15.2 Å². The normalized spacial score (nSPS) is 13.4. The Hall–Kier alpha value is -1.95. The van der Waals surface area contributed by atoms with Gasteiger partial charge in [0, 0.05) is 6.04 Å². The van der Waals surface area contributed by atoms with E-state index < -0.39 is 17.9 Å². The number of benzene rings is 1. The van der Waals surface area contributed by atoms with Crippen molar-refractivity contribution in [1.29, 1.82) is 0 Å². The molecule has 0 amide bonds. The lowest BCUT2D eigenvalue weighted by atomic mass is 10.0. The second kappa shape index (κ2) is 9.15. The van der Waals surface area contributed by atoms with Crippen molar-refractivity contribution in [2.45, 2.75) is 32.7 Å².